The summed E-state index contributed by atoms with van der Waals surface area (Å²) in [6, 6.07) is 6.30. The van der Waals surface area contributed by atoms with Gasteiger partial charge in [-0.05, 0) is 53.9 Å². The molecule has 1 aliphatic carbocycles. The third kappa shape index (κ3) is 3.51. The van der Waals surface area contributed by atoms with E-state index in [-0.39, 0.29) is 24.3 Å². The van der Waals surface area contributed by atoms with E-state index in [9.17, 15) is 9.59 Å². The van der Waals surface area contributed by atoms with Gasteiger partial charge in [-0.3, -0.25) is 9.59 Å². The van der Waals surface area contributed by atoms with Crippen molar-refractivity contribution in [3.8, 4) is 0 Å². The number of benzene rings is 1. The third-order valence-corrected chi connectivity index (χ3v) is 5.98. The second-order valence-corrected chi connectivity index (χ2v) is 8.16. The van der Waals surface area contributed by atoms with E-state index in [1.54, 1.807) is 0 Å². The summed E-state index contributed by atoms with van der Waals surface area (Å²) in [5.41, 5.74) is 2.93. The topological polar surface area (TPSA) is 78.4 Å². The van der Waals surface area contributed by atoms with Crippen molar-refractivity contribution in [1.29, 1.82) is 0 Å². The molecule has 0 spiro atoms. The van der Waals surface area contributed by atoms with Crippen molar-refractivity contribution in [2.45, 2.75) is 57.9 Å². The van der Waals surface area contributed by atoms with E-state index < -0.39 is 5.97 Å². The van der Waals surface area contributed by atoms with E-state index in [2.05, 4.69) is 31.4 Å². The van der Waals surface area contributed by atoms with E-state index in [0.29, 0.717) is 17.5 Å². The molecule has 3 rings (SSSR count). The molecule has 136 valence electrons. The summed E-state index contributed by atoms with van der Waals surface area (Å²) in [4.78, 5) is 22.9. The monoisotopic (exact) mass is 344 g/mol. The molecule has 0 aromatic heterocycles. The van der Waals surface area contributed by atoms with Crippen molar-refractivity contribution >= 4 is 17.6 Å². The largest absolute Gasteiger partial charge is 0.481 e. The van der Waals surface area contributed by atoms with E-state index in [4.69, 9.17) is 5.11 Å². The minimum atomic E-state index is -0.909. The van der Waals surface area contributed by atoms with Crippen LogP contribution in [-0.4, -0.2) is 29.6 Å². The number of rotatable bonds is 4. The van der Waals surface area contributed by atoms with Crippen molar-refractivity contribution in [2.75, 3.05) is 11.9 Å². The van der Waals surface area contributed by atoms with Gasteiger partial charge in [0.25, 0.3) is 5.91 Å². The van der Waals surface area contributed by atoms with Crippen molar-refractivity contribution in [3.63, 3.8) is 0 Å². The highest BCUT2D eigenvalue weighted by atomic mass is 16.4. The first kappa shape index (κ1) is 17.8. The summed E-state index contributed by atoms with van der Waals surface area (Å²) in [6.45, 7) is 7.04. The Labute approximate surface area is 149 Å². The van der Waals surface area contributed by atoms with E-state index in [1.165, 1.54) is 24.8 Å². The number of anilines is 1. The highest BCUT2D eigenvalue weighted by molar-refractivity contribution is 5.95. The minimum Gasteiger partial charge on any atom is -0.481 e. The molecule has 25 heavy (non-hydrogen) atoms. The Morgan fingerprint density at radius 1 is 1.32 bits per heavy atom. The molecule has 0 saturated heterocycles. The van der Waals surface area contributed by atoms with Gasteiger partial charge in [-0.2, -0.15) is 0 Å². The Bertz CT molecular complexity index is 684. The first-order valence-corrected chi connectivity index (χ1v) is 9.20. The van der Waals surface area contributed by atoms with Crippen LogP contribution in [0.3, 0.4) is 0 Å². The highest BCUT2D eigenvalue weighted by Crippen LogP contribution is 2.49. The van der Waals surface area contributed by atoms with Crippen molar-refractivity contribution in [3.05, 3.63) is 29.3 Å². The molecule has 5 nitrogen and oxygen atoms in total. The second-order valence-electron chi connectivity index (χ2n) is 8.16. The lowest BCUT2D eigenvalue weighted by molar-refractivity contribution is -0.136. The molecule has 0 radical (unpaired) electrons. The number of carboxylic acids is 1. The number of carboxylic acid groups (broad SMARTS) is 1. The lowest BCUT2D eigenvalue weighted by atomic mass is 9.61. The van der Waals surface area contributed by atoms with Crippen LogP contribution in [0.25, 0.3) is 0 Å². The lowest BCUT2D eigenvalue weighted by Crippen LogP contribution is -2.49. The predicted molar refractivity (Wildman–Crippen MR) is 98.0 cm³/mol. The first-order chi connectivity index (χ1) is 11.8. The molecule has 1 fully saturated rings. The Hall–Kier alpha value is -2.04. The van der Waals surface area contributed by atoms with E-state index in [1.807, 2.05) is 18.2 Å². The minimum absolute atomic E-state index is 0.0166. The molecular formula is C20H28N2O3. The summed E-state index contributed by atoms with van der Waals surface area (Å²) in [5.74, 6) is 0.208. The maximum atomic E-state index is 12.3. The van der Waals surface area contributed by atoms with Gasteiger partial charge in [-0.15, -0.1) is 0 Å². The molecule has 3 N–H and O–H groups in total. The van der Waals surface area contributed by atoms with Crippen LogP contribution in [0.5, 0.6) is 0 Å². The van der Waals surface area contributed by atoms with Crippen LogP contribution in [0.2, 0.25) is 0 Å². The lowest BCUT2D eigenvalue weighted by Gasteiger charge is -2.50. The molecule has 1 saturated carbocycles. The molecule has 1 heterocycles. The quantitative estimate of drug-likeness (QED) is 0.782. The predicted octanol–water partition coefficient (Wildman–Crippen LogP) is 3.40. The van der Waals surface area contributed by atoms with Crippen LogP contribution in [0, 0.1) is 11.8 Å². The average Bonchev–Trinajstić information content (AvgIpc) is 2.53. The van der Waals surface area contributed by atoms with E-state index >= 15 is 0 Å². The number of carbonyl (C=O) groups is 2. The van der Waals surface area contributed by atoms with Gasteiger partial charge in [-0.25, -0.2) is 0 Å². The zero-order valence-corrected chi connectivity index (χ0v) is 15.3. The maximum absolute atomic E-state index is 12.3. The number of fused-ring (bicyclic) bond motifs is 2. The van der Waals surface area contributed by atoms with Crippen LogP contribution in [0.4, 0.5) is 5.69 Å². The van der Waals surface area contributed by atoms with Crippen molar-refractivity contribution in [1.82, 2.24) is 5.32 Å². The Balaban J connectivity index is 1.82. The van der Waals surface area contributed by atoms with Crippen molar-refractivity contribution in [2.24, 2.45) is 11.8 Å². The van der Waals surface area contributed by atoms with Gasteiger partial charge < -0.3 is 15.7 Å². The fourth-order valence-corrected chi connectivity index (χ4v) is 4.53. The summed E-state index contributed by atoms with van der Waals surface area (Å²) >= 11 is 0. The molecule has 2 unspecified atom stereocenters. The van der Waals surface area contributed by atoms with Gasteiger partial charge in [-0.1, -0.05) is 27.2 Å². The molecule has 0 bridgehead atoms. The SMILES string of the molecule is C[C@H]1CCC2C(C1)Nc1ccc(C(=O)NCCC(=O)O)cc1C2(C)C. The number of nitrogens with one attached hydrogen (secondary N) is 2. The Kier molecular flexibility index (Phi) is 4.76. The zero-order valence-electron chi connectivity index (χ0n) is 15.3. The van der Waals surface area contributed by atoms with Crippen LogP contribution < -0.4 is 10.6 Å². The zero-order chi connectivity index (χ0) is 18.2. The average molecular weight is 344 g/mol. The second kappa shape index (κ2) is 6.70. The fourth-order valence-electron chi connectivity index (χ4n) is 4.53. The van der Waals surface area contributed by atoms with Crippen molar-refractivity contribution < 1.29 is 14.7 Å². The first-order valence-electron chi connectivity index (χ1n) is 9.20. The fraction of sp³-hybridized carbons (Fsp3) is 0.600. The maximum Gasteiger partial charge on any atom is 0.305 e. The molecular weight excluding hydrogens is 316 g/mol. The Morgan fingerprint density at radius 2 is 2.08 bits per heavy atom. The Morgan fingerprint density at radius 3 is 2.80 bits per heavy atom. The van der Waals surface area contributed by atoms with Gasteiger partial charge in [0.05, 0.1) is 6.42 Å². The summed E-state index contributed by atoms with van der Waals surface area (Å²) in [7, 11) is 0. The van der Waals surface area contributed by atoms with Gasteiger partial charge in [0.2, 0.25) is 0 Å². The van der Waals surface area contributed by atoms with Gasteiger partial charge in [0.15, 0.2) is 0 Å². The number of hydrogen-bond acceptors (Lipinski definition) is 3. The number of aliphatic carboxylic acids is 1. The van der Waals surface area contributed by atoms with Gasteiger partial charge >= 0.3 is 5.97 Å². The normalized spacial score (nSPS) is 26.8. The standard InChI is InChI=1S/C20H28N2O3/c1-12-4-6-14-17(10-12)22-16-7-5-13(11-15(16)20(14,2)3)19(25)21-9-8-18(23)24/h5,7,11-12,14,17,22H,4,6,8-10H2,1-3H3,(H,21,25)(H,23,24)/t12-,14?,17?/m0/s1. The van der Waals surface area contributed by atoms with E-state index in [0.717, 1.165) is 11.6 Å². The van der Waals surface area contributed by atoms with Gasteiger partial charge in [0, 0.05) is 23.8 Å². The third-order valence-electron chi connectivity index (χ3n) is 5.98. The number of amides is 1. The summed E-state index contributed by atoms with van der Waals surface area (Å²) in [5, 5.41) is 15.1. The highest BCUT2D eigenvalue weighted by Gasteiger charge is 2.44. The van der Waals surface area contributed by atoms with Crippen LogP contribution in [0.15, 0.2) is 18.2 Å². The summed E-state index contributed by atoms with van der Waals surface area (Å²) in [6.07, 6.45) is 3.61. The molecule has 1 aromatic carbocycles. The van der Waals surface area contributed by atoms with Crippen LogP contribution in [-0.2, 0) is 10.2 Å². The molecule has 5 heteroatoms. The molecule has 3 atom stereocenters. The van der Waals surface area contributed by atoms with Crippen LogP contribution >= 0.6 is 0 Å². The van der Waals surface area contributed by atoms with Crippen LogP contribution in [0.1, 0.15) is 62.4 Å². The molecule has 1 aromatic rings. The molecule has 2 aliphatic rings. The number of carbonyl (C=O) groups excluding carboxylic acids is 1. The molecule has 1 aliphatic heterocycles. The summed E-state index contributed by atoms with van der Waals surface area (Å²) < 4.78 is 0. The molecule has 1 amide bonds. The number of hydrogen-bond donors (Lipinski definition) is 3. The smallest absolute Gasteiger partial charge is 0.305 e. The van der Waals surface area contributed by atoms with Gasteiger partial charge in [0.1, 0.15) is 0 Å².